The normalized spacial score (nSPS) is 17.8. The number of likely N-dealkylation sites (tertiary alicyclic amines) is 1. The number of nitrogens with two attached hydrogens (primary N) is 1. The predicted molar refractivity (Wildman–Crippen MR) is 62.6 cm³/mol. The average molecular weight is 236 g/mol. The first-order valence-electron chi connectivity index (χ1n) is 5.16. The summed E-state index contributed by atoms with van der Waals surface area (Å²) in [6.07, 6.45) is 1.75. The van der Waals surface area contributed by atoms with Crippen LogP contribution in [0.4, 0.5) is 0 Å². The second kappa shape index (κ2) is 3.65. The van der Waals surface area contributed by atoms with Crippen molar-refractivity contribution in [1.82, 2.24) is 14.3 Å². The Balaban J connectivity index is 1.89. The monoisotopic (exact) mass is 236 g/mol. The van der Waals surface area contributed by atoms with Gasteiger partial charge in [0.1, 0.15) is 0 Å². The van der Waals surface area contributed by atoms with Gasteiger partial charge >= 0.3 is 0 Å². The lowest BCUT2D eigenvalue weighted by Crippen LogP contribution is -2.55. The van der Waals surface area contributed by atoms with Gasteiger partial charge in [-0.25, -0.2) is 4.98 Å². The lowest BCUT2D eigenvalue weighted by Gasteiger charge is -2.36. The summed E-state index contributed by atoms with van der Waals surface area (Å²) in [6, 6.07) is 1.88. The molecular formula is C10H12N4OS. The molecule has 6 heteroatoms. The maximum atomic E-state index is 11.7. The van der Waals surface area contributed by atoms with Gasteiger partial charge < -0.3 is 5.73 Å². The van der Waals surface area contributed by atoms with E-state index in [4.69, 9.17) is 5.73 Å². The molecule has 0 amide bonds. The van der Waals surface area contributed by atoms with Gasteiger partial charge in [0.15, 0.2) is 4.96 Å². The van der Waals surface area contributed by atoms with E-state index >= 15 is 0 Å². The quantitative estimate of drug-likeness (QED) is 0.791. The van der Waals surface area contributed by atoms with Crippen LogP contribution in [0.3, 0.4) is 0 Å². The van der Waals surface area contributed by atoms with Crippen molar-refractivity contribution in [2.45, 2.75) is 12.6 Å². The Morgan fingerprint density at radius 1 is 1.56 bits per heavy atom. The third-order valence-corrected chi connectivity index (χ3v) is 3.48. The molecule has 16 heavy (non-hydrogen) atoms. The highest BCUT2D eigenvalue weighted by atomic mass is 32.1. The minimum atomic E-state index is -0.00827. The summed E-state index contributed by atoms with van der Waals surface area (Å²) < 4.78 is 1.57. The summed E-state index contributed by atoms with van der Waals surface area (Å²) in [7, 11) is 0. The van der Waals surface area contributed by atoms with Gasteiger partial charge in [-0.1, -0.05) is 0 Å². The number of rotatable bonds is 2. The number of hydrogen-bond acceptors (Lipinski definition) is 5. The van der Waals surface area contributed by atoms with E-state index in [1.54, 1.807) is 16.7 Å². The van der Waals surface area contributed by atoms with Crippen molar-refractivity contribution in [3.05, 3.63) is 33.7 Å². The maximum absolute atomic E-state index is 11.7. The Morgan fingerprint density at radius 3 is 3.12 bits per heavy atom. The molecule has 5 nitrogen and oxygen atoms in total. The highest BCUT2D eigenvalue weighted by Crippen LogP contribution is 2.11. The fourth-order valence-electron chi connectivity index (χ4n) is 1.94. The highest BCUT2D eigenvalue weighted by molar-refractivity contribution is 7.15. The van der Waals surface area contributed by atoms with Crippen molar-refractivity contribution in [2.75, 3.05) is 13.1 Å². The van der Waals surface area contributed by atoms with Crippen molar-refractivity contribution >= 4 is 16.3 Å². The van der Waals surface area contributed by atoms with Crippen molar-refractivity contribution in [2.24, 2.45) is 5.73 Å². The summed E-state index contributed by atoms with van der Waals surface area (Å²) in [5.41, 5.74) is 6.53. The second-order valence-corrected chi connectivity index (χ2v) is 4.97. The molecule has 2 aromatic rings. The zero-order valence-corrected chi connectivity index (χ0v) is 9.48. The first-order valence-corrected chi connectivity index (χ1v) is 6.04. The average Bonchev–Trinajstić information content (AvgIpc) is 2.63. The number of fused-ring (bicyclic) bond motifs is 1. The summed E-state index contributed by atoms with van der Waals surface area (Å²) in [6.45, 7) is 2.51. The Labute approximate surface area is 96.1 Å². The fourth-order valence-corrected chi connectivity index (χ4v) is 2.68. The molecule has 2 aromatic heterocycles. The zero-order valence-electron chi connectivity index (χ0n) is 8.67. The van der Waals surface area contributed by atoms with Gasteiger partial charge in [-0.3, -0.25) is 14.1 Å². The second-order valence-electron chi connectivity index (χ2n) is 4.10. The lowest BCUT2D eigenvalue weighted by atomic mass is 10.1. The van der Waals surface area contributed by atoms with Crippen LogP contribution in [-0.2, 0) is 6.54 Å². The zero-order chi connectivity index (χ0) is 11.1. The number of aromatic nitrogens is 2. The Hall–Kier alpha value is -1.24. The molecule has 3 heterocycles. The van der Waals surface area contributed by atoms with Crippen molar-refractivity contribution in [3.8, 4) is 0 Å². The van der Waals surface area contributed by atoms with Gasteiger partial charge in [-0.05, 0) is 0 Å². The van der Waals surface area contributed by atoms with Crippen LogP contribution in [0, 0.1) is 0 Å². The molecule has 0 spiro atoms. The molecule has 1 fully saturated rings. The van der Waals surface area contributed by atoms with E-state index in [1.807, 2.05) is 5.38 Å². The van der Waals surface area contributed by atoms with Crippen LogP contribution in [0.2, 0.25) is 0 Å². The van der Waals surface area contributed by atoms with Crippen molar-refractivity contribution < 1.29 is 0 Å². The molecule has 0 aliphatic carbocycles. The van der Waals surface area contributed by atoms with Crippen LogP contribution < -0.4 is 11.3 Å². The lowest BCUT2D eigenvalue weighted by molar-refractivity contribution is 0.140. The molecule has 2 N–H and O–H groups in total. The first kappa shape index (κ1) is 9.95. The first-order chi connectivity index (χ1) is 7.72. The molecule has 0 radical (unpaired) electrons. The van der Waals surface area contributed by atoms with E-state index in [1.165, 1.54) is 11.3 Å². The van der Waals surface area contributed by atoms with Crippen LogP contribution in [0.1, 0.15) is 5.69 Å². The van der Waals surface area contributed by atoms with Crippen LogP contribution in [0.15, 0.2) is 22.4 Å². The minimum Gasteiger partial charge on any atom is -0.325 e. The van der Waals surface area contributed by atoms with E-state index in [0.29, 0.717) is 0 Å². The standard InChI is InChI=1S/C10H12N4OS/c11-7-4-13(5-7)6-8-3-9(15)14-1-2-16-10(14)12-8/h1-3,7H,4-6,11H2. The Bertz CT molecular complexity index is 569. The number of hydrogen-bond donors (Lipinski definition) is 1. The van der Waals surface area contributed by atoms with E-state index in [0.717, 1.165) is 30.3 Å². The molecule has 0 atom stereocenters. The van der Waals surface area contributed by atoms with Crippen LogP contribution in [0.25, 0.3) is 4.96 Å². The van der Waals surface area contributed by atoms with E-state index < -0.39 is 0 Å². The van der Waals surface area contributed by atoms with Crippen LogP contribution in [-0.4, -0.2) is 33.4 Å². The largest absolute Gasteiger partial charge is 0.325 e. The van der Waals surface area contributed by atoms with Crippen LogP contribution in [0.5, 0.6) is 0 Å². The molecular weight excluding hydrogens is 224 g/mol. The predicted octanol–water partition coefficient (Wildman–Crippen LogP) is -0.101. The molecule has 0 bridgehead atoms. The molecule has 1 aliphatic heterocycles. The number of nitrogens with zero attached hydrogens (tertiary/aromatic N) is 3. The Morgan fingerprint density at radius 2 is 2.38 bits per heavy atom. The molecule has 3 rings (SSSR count). The van der Waals surface area contributed by atoms with Gasteiger partial charge in [-0.15, -0.1) is 11.3 Å². The van der Waals surface area contributed by atoms with Gasteiger partial charge in [0, 0.05) is 43.3 Å². The van der Waals surface area contributed by atoms with Gasteiger partial charge in [-0.2, -0.15) is 0 Å². The minimum absolute atomic E-state index is 0.00827. The topological polar surface area (TPSA) is 63.6 Å². The smallest absolute Gasteiger partial charge is 0.258 e. The van der Waals surface area contributed by atoms with Crippen molar-refractivity contribution in [3.63, 3.8) is 0 Å². The third-order valence-electron chi connectivity index (χ3n) is 2.73. The van der Waals surface area contributed by atoms with Gasteiger partial charge in [0.2, 0.25) is 0 Å². The molecule has 0 aromatic carbocycles. The summed E-state index contributed by atoms with van der Waals surface area (Å²) in [4.78, 5) is 19.1. The summed E-state index contributed by atoms with van der Waals surface area (Å²) in [5, 5.41) is 1.87. The summed E-state index contributed by atoms with van der Waals surface area (Å²) in [5.74, 6) is 0. The SMILES string of the molecule is NC1CN(Cc2cc(=O)n3ccsc3n2)C1. The molecule has 0 unspecified atom stereocenters. The molecule has 0 saturated carbocycles. The maximum Gasteiger partial charge on any atom is 0.258 e. The summed E-state index contributed by atoms with van der Waals surface area (Å²) >= 11 is 1.48. The molecule has 1 aliphatic rings. The van der Waals surface area contributed by atoms with Gasteiger partial charge in [0.25, 0.3) is 5.56 Å². The van der Waals surface area contributed by atoms with E-state index in [-0.39, 0.29) is 11.6 Å². The Kier molecular flexibility index (Phi) is 2.27. The third kappa shape index (κ3) is 1.64. The molecule has 84 valence electrons. The number of thiazole rings is 1. The van der Waals surface area contributed by atoms with Crippen LogP contribution >= 0.6 is 11.3 Å². The van der Waals surface area contributed by atoms with E-state index in [9.17, 15) is 4.79 Å². The van der Waals surface area contributed by atoms with E-state index in [2.05, 4.69) is 9.88 Å². The fraction of sp³-hybridized carbons (Fsp3) is 0.400. The highest BCUT2D eigenvalue weighted by Gasteiger charge is 2.23. The van der Waals surface area contributed by atoms with Crippen molar-refractivity contribution in [1.29, 1.82) is 0 Å². The molecule has 1 saturated heterocycles. The van der Waals surface area contributed by atoms with Gasteiger partial charge in [0.05, 0.1) is 5.69 Å².